The molecule has 5 rings (SSSR count). The van der Waals surface area contributed by atoms with Crippen LogP contribution < -0.4 is 10.9 Å². The minimum Gasteiger partial charge on any atom is -0.507 e. The fourth-order valence-corrected chi connectivity index (χ4v) is 5.14. The SMILES string of the molecule is O=C(Nc1cccc(C(c2c(O)c3c(oc2=O)CCCCCC3)C2CC2)c1)c1ccc(Cl)cc1. The van der Waals surface area contributed by atoms with Crippen molar-refractivity contribution in [2.45, 2.75) is 57.3 Å². The number of fused-ring (bicyclic) bond motifs is 1. The van der Waals surface area contributed by atoms with Crippen LogP contribution in [0.2, 0.25) is 5.02 Å². The summed E-state index contributed by atoms with van der Waals surface area (Å²) in [5, 5.41) is 14.8. The fraction of sp³-hybridized carbons (Fsp3) is 0.357. The van der Waals surface area contributed by atoms with Gasteiger partial charge >= 0.3 is 5.63 Å². The number of carbonyl (C=O) groups is 1. The van der Waals surface area contributed by atoms with Crippen molar-refractivity contribution in [3.63, 3.8) is 0 Å². The van der Waals surface area contributed by atoms with E-state index in [1.807, 2.05) is 24.3 Å². The quantitative estimate of drug-likeness (QED) is 0.442. The third-order valence-electron chi connectivity index (χ3n) is 6.91. The van der Waals surface area contributed by atoms with Gasteiger partial charge in [0.25, 0.3) is 5.91 Å². The molecule has 2 aliphatic carbocycles. The molecular formula is C28H28ClNO4. The maximum absolute atomic E-state index is 13.1. The normalized spacial score (nSPS) is 16.7. The highest BCUT2D eigenvalue weighted by molar-refractivity contribution is 6.30. The van der Waals surface area contributed by atoms with Crippen molar-refractivity contribution in [1.82, 2.24) is 0 Å². The molecule has 176 valence electrons. The van der Waals surface area contributed by atoms with Crippen molar-refractivity contribution in [2.75, 3.05) is 5.32 Å². The average Bonchev–Trinajstić information content (AvgIpc) is 3.63. The lowest BCUT2D eigenvalue weighted by Crippen LogP contribution is -2.19. The van der Waals surface area contributed by atoms with E-state index in [0.717, 1.165) is 56.1 Å². The molecule has 2 aliphatic rings. The molecule has 0 saturated heterocycles. The second kappa shape index (κ2) is 9.67. The number of hydrogen-bond acceptors (Lipinski definition) is 4. The molecule has 1 atom stereocenters. The van der Waals surface area contributed by atoms with Gasteiger partial charge in [-0.1, -0.05) is 36.6 Å². The molecule has 34 heavy (non-hydrogen) atoms. The van der Waals surface area contributed by atoms with Crippen LogP contribution in [-0.4, -0.2) is 11.0 Å². The van der Waals surface area contributed by atoms with Gasteiger partial charge in [-0.3, -0.25) is 4.79 Å². The first-order chi connectivity index (χ1) is 16.5. The summed E-state index contributed by atoms with van der Waals surface area (Å²) in [7, 11) is 0. The third-order valence-corrected chi connectivity index (χ3v) is 7.16. The van der Waals surface area contributed by atoms with Crippen LogP contribution in [0.1, 0.15) is 77.3 Å². The van der Waals surface area contributed by atoms with Crippen LogP contribution in [-0.2, 0) is 12.8 Å². The Morgan fingerprint density at radius 2 is 1.76 bits per heavy atom. The van der Waals surface area contributed by atoms with Gasteiger partial charge in [-0.2, -0.15) is 0 Å². The van der Waals surface area contributed by atoms with Crippen LogP contribution in [0.3, 0.4) is 0 Å². The largest absolute Gasteiger partial charge is 0.507 e. The second-order valence-electron chi connectivity index (χ2n) is 9.37. The number of benzene rings is 2. The van der Waals surface area contributed by atoms with Crippen molar-refractivity contribution >= 4 is 23.2 Å². The fourth-order valence-electron chi connectivity index (χ4n) is 5.01. The molecule has 1 aromatic heterocycles. The molecule has 3 aromatic rings. The third kappa shape index (κ3) is 4.76. The first kappa shape index (κ1) is 22.7. The highest BCUT2D eigenvalue weighted by Crippen LogP contribution is 2.49. The number of carbonyl (C=O) groups excluding carboxylic acids is 1. The Kier molecular flexibility index (Phi) is 6.46. The molecule has 1 amide bonds. The summed E-state index contributed by atoms with van der Waals surface area (Å²) in [5.41, 5.74) is 2.76. The van der Waals surface area contributed by atoms with Gasteiger partial charge in [0.1, 0.15) is 11.5 Å². The number of rotatable bonds is 5. The van der Waals surface area contributed by atoms with Crippen molar-refractivity contribution in [3.8, 4) is 5.75 Å². The van der Waals surface area contributed by atoms with E-state index in [1.54, 1.807) is 24.3 Å². The Hall–Kier alpha value is -3.05. The number of halogens is 1. The zero-order chi connectivity index (χ0) is 23.7. The van der Waals surface area contributed by atoms with Crippen LogP contribution in [0.25, 0.3) is 0 Å². The monoisotopic (exact) mass is 477 g/mol. The Bertz CT molecular complexity index is 1260. The predicted octanol–water partition coefficient (Wildman–Crippen LogP) is 6.45. The Labute approximate surface area is 203 Å². The number of nitrogens with one attached hydrogen (secondary N) is 1. The van der Waals surface area contributed by atoms with E-state index in [4.69, 9.17) is 16.0 Å². The molecular weight excluding hydrogens is 450 g/mol. The molecule has 0 spiro atoms. The predicted molar refractivity (Wildman–Crippen MR) is 133 cm³/mol. The van der Waals surface area contributed by atoms with Gasteiger partial charge in [-0.05, 0) is 80.0 Å². The topological polar surface area (TPSA) is 79.5 Å². The Morgan fingerprint density at radius 1 is 1.03 bits per heavy atom. The van der Waals surface area contributed by atoms with Crippen LogP contribution in [0.5, 0.6) is 5.75 Å². The molecule has 2 N–H and O–H groups in total. The highest BCUT2D eigenvalue weighted by Gasteiger charge is 2.38. The summed E-state index contributed by atoms with van der Waals surface area (Å²) in [6, 6.07) is 14.3. The van der Waals surface area contributed by atoms with E-state index in [1.165, 1.54) is 0 Å². The summed E-state index contributed by atoms with van der Waals surface area (Å²) in [6.45, 7) is 0. The molecule has 1 unspecified atom stereocenters. The summed E-state index contributed by atoms with van der Waals surface area (Å²) in [5.74, 6) is 0.521. The van der Waals surface area contributed by atoms with Crippen molar-refractivity contribution in [1.29, 1.82) is 0 Å². The van der Waals surface area contributed by atoms with Gasteiger partial charge < -0.3 is 14.8 Å². The van der Waals surface area contributed by atoms with E-state index >= 15 is 0 Å². The standard InChI is InChI=1S/C28H28ClNO4/c29-20-14-12-18(13-15-20)27(32)30-21-7-5-6-19(16-21)24(17-10-11-17)25-26(31)22-8-3-1-2-4-9-23(22)34-28(25)33/h5-7,12-17,24,31H,1-4,8-11H2,(H,30,32). The van der Waals surface area contributed by atoms with E-state index in [2.05, 4.69) is 5.32 Å². The number of aromatic hydroxyl groups is 1. The van der Waals surface area contributed by atoms with Gasteiger partial charge in [-0.15, -0.1) is 0 Å². The van der Waals surface area contributed by atoms with Crippen molar-refractivity contribution in [3.05, 3.63) is 92.0 Å². The van der Waals surface area contributed by atoms with Gasteiger partial charge in [0.15, 0.2) is 0 Å². The molecule has 2 aromatic carbocycles. The Balaban J connectivity index is 1.49. The zero-order valence-electron chi connectivity index (χ0n) is 19.0. The molecule has 0 aliphatic heterocycles. The minimum atomic E-state index is -0.440. The first-order valence-electron chi connectivity index (χ1n) is 12.1. The smallest absolute Gasteiger partial charge is 0.343 e. The number of anilines is 1. The molecule has 0 bridgehead atoms. The summed E-state index contributed by atoms with van der Waals surface area (Å²) < 4.78 is 5.79. The summed E-state index contributed by atoms with van der Waals surface area (Å²) >= 11 is 5.93. The van der Waals surface area contributed by atoms with Crippen molar-refractivity contribution in [2.24, 2.45) is 5.92 Å². The second-order valence-corrected chi connectivity index (χ2v) is 9.81. The molecule has 1 fully saturated rings. The summed E-state index contributed by atoms with van der Waals surface area (Å²) in [4.78, 5) is 25.8. The lowest BCUT2D eigenvalue weighted by atomic mass is 9.85. The van der Waals surface area contributed by atoms with Crippen LogP contribution >= 0.6 is 11.6 Å². The number of hydrogen-bond donors (Lipinski definition) is 2. The molecule has 1 saturated carbocycles. The molecule has 0 radical (unpaired) electrons. The molecule has 1 heterocycles. The van der Waals surface area contributed by atoms with Gasteiger partial charge in [-0.25, -0.2) is 4.79 Å². The zero-order valence-corrected chi connectivity index (χ0v) is 19.7. The molecule has 5 nitrogen and oxygen atoms in total. The van der Waals surface area contributed by atoms with E-state index < -0.39 is 5.63 Å². The first-order valence-corrected chi connectivity index (χ1v) is 12.4. The van der Waals surface area contributed by atoms with E-state index in [0.29, 0.717) is 34.0 Å². The average molecular weight is 478 g/mol. The highest BCUT2D eigenvalue weighted by atomic mass is 35.5. The maximum atomic E-state index is 13.1. The van der Waals surface area contributed by atoms with Crippen molar-refractivity contribution < 1.29 is 14.3 Å². The van der Waals surface area contributed by atoms with E-state index in [-0.39, 0.29) is 23.5 Å². The van der Waals surface area contributed by atoms with E-state index in [9.17, 15) is 14.7 Å². The lowest BCUT2D eigenvalue weighted by molar-refractivity contribution is 0.102. The van der Waals surface area contributed by atoms with Crippen LogP contribution in [0.4, 0.5) is 5.69 Å². The maximum Gasteiger partial charge on any atom is 0.343 e. The van der Waals surface area contributed by atoms with Crippen LogP contribution in [0.15, 0.2) is 57.7 Å². The number of aryl methyl sites for hydroxylation is 1. The Morgan fingerprint density at radius 3 is 2.50 bits per heavy atom. The van der Waals surface area contributed by atoms with Crippen LogP contribution in [0, 0.1) is 5.92 Å². The minimum absolute atomic E-state index is 0.112. The van der Waals surface area contributed by atoms with Gasteiger partial charge in [0.2, 0.25) is 0 Å². The summed E-state index contributed by atoms with van der Waals surface area (Å²) in [6.07, 6.45) is 7.58. The number of amides is 1. The lowest BCUT2D eigenvalue weighted by Gasteiger charge is -2.22. The molecule has 6 heteroatoms. The van der Waals surface area contributed by atoms with Gasteiger partial charge in [0, 0.05) is 34.2 Å². The van der Waals surface area contributed by atoms with Gasteiger partial charge in [0.05, 0.1) is 5.56 Å².